The molecule has 0 fully saturated rings. The van der Waals surface area contributed by atoms with Gasteiger partial charge in [0.15, 0.2) is 19.7 Å². The Morgan fingerprint density at radius 1 is 1.04 bits per heavy atom. The molecule has 0 amide bonds. The van der Waals surface area contributed by atoms with Gasteiger partial charge >= 0.3 is 0 Å². The van der Waals surface area contributed by atoms with Crippen LogP contribution >= 0.6 is 0 Å². The molecule has 26 heavy (non-hydrogen) atoms. The number of ketones is 1. The third-order valence-corrected chi connectivity index (χ3v) is 3.16. The Balaban J connectivity index is 0. The minimum Gasteiger partial charge on any atom is -0.358 e. The van der Waals surface area contributed by atoms with E-state index in [0.29, 0.717) is 5.71 Å². The van der Waals surface area contributed by atoms with Gasteiger partial charge in [0.1, 0.15) is 5.71 Å². The molecule has 4 nitrogen and oxygen atoms in total. The first-order valence-corrected chi connectivity index (χ1v) is 8.16. The van der Waals surface area contributed by atoms with Crippen LogP contribution in [0.2, 0.25) is 0 Å². The average molecular weight is 425 g/mol. The van der Waals surface area contributed by atoms with Gasteiger partial charge in [0.25, 0.3) is 17.7 Å². The zero-order chi connectivity index (χ0) is 18.1. The van der Waals surface area contributed by atoms with Gasteiger partial charge in [-0.15, -0.1) is 0 Å². The third kappa shape index (κ3) is 6.07. The molecule has 0 spiro atoms. The predicted molar refractivity (Wildman–Crippen MR) is 105 cm³/mol. The van der Waals surface area contributed by atoms with E-state index in [0.717, 1.165) is 5.56 Å². The van der Waals surface area contributed by atoms with Crippen LogP contribution < -0.4 is 0 Å². The van der Waals surface area contributed by atoms with Gasteiger partial charge in [-0.25, -0.2) is 4.99 Å². The molecule has 1 atom stereocenters. The number of allylic oxidation sites excluding steroid dienone is 2. The number of carbonyl (C=O) groups is 2. The summed E-state index contributed by atoms with van der Waals surface area (Å²) >= 11 is 0. The van der Waals surface area contributed by atoms with Gasteiger partial charge in [-0.05, 0) is 0 Å². The first kappa shape index (κ1) is 26.8. The van der Waals surface area contributed by atoms with Crippen molar-refractivity contribution in [3.8, 4) is 0 Å². The number of benzene rings is 1. The minimum absolute atomic E-state index is 0. The average Bonchev–Trinajstić information content (AvgIpc) is 3.04. The van der Waals surface area contributed by atoms with Crippen LogP contribution in [0, 0.1) is 7.43 Å². The summed E-state index contributed by atoms with van der Waals surface area (Å²) in [4.78, 5) is 27.9. The summed E-state index contributed by atoms with van der Waals surface area (Å²) < 4.78 is 1.66. The number of hydrogen-bond acceptors (Lipinski definition) is 3. The number of aliphatic imine (C=N–C) groups is 1. The van der Waals surface area contributed by atoms with Crippen LogP contribution in [0.3, 0.4) is 0 Å². The Bertz CT molecular complexity index is 723. The summed E-state index contributed by atoms with van der Waals surface area (Å²) in [6.07, 6.45) is 6.91. The molecule has 2 aliphatic heterocycles. The van der Waals surface area contributed by atoms with Crippen molar-refractivity contribution >= 4 is 30.7 Å². The van der Waals surface area contributed by atoms with Gasteiger partial charge in [0, 0.05) is 50.4 Å². The SMILES string of the molecule is CC.CC.[B]C(=O)C(=O)C1=[N+]2C=CC=CC2N=C1c1ccccc1.[CH3-].[Y]. The maximum atomic E-state index is 12.1. The second-order valence-corrected chi connectivity index (χ2v) is 4.43. The molecule has 133 valence electrons. The van der Waals surface area contributed by atoms with Crippen molar-refractivity contribution in [2.75, 3.05) is 0 Å². The van der Waals surface area contributed by atoms with Crippen LogP contribution in [0.1, 0.15) is 33.3 Å². The molecule has 2 aliphatic rings. The van der Waals surface area contributed by atoms with Crippen LogP contribution in [0.15, 0.2) is 59.8 Å². The van der Waals surface area contributed by atoms with Crippen LogP contribution in [-0.4, -0.2) is 41.5 Å². The first-order valence-electron chi connectivity index (χ1n) is 8.16. The van der Waals surface area contributed by atoms with E-state index in [1.54, 1.807) is 16.9 Å². The summed E-state index contributed by atoms with van der Waals surface area (Å²) in [5, 5.41) is 0. The van der Waals surface area contributed by atoms with Crippen molar-refractivity contribution in [3.63, 3.8) is 0 Å². The van der Waals surface area contributed by atoms with Gasteiger partial charge in [-0.3, -0.25) is 4.79 Å². The molecule has 1 aromatic carbocycles. The first-order chi connectivity index (χ1) is 11.7. The Labute approximate surface area is 183 Å². The van der Waals surface area contributed by atoms with E-state index in [-0.39, 0.29) is 52.0 Å². The summed E-state index contributed by atoms with van der Waals surface area (Å²) in [7, 11) is 5.14. The fourth-order valence-corrected chi connectivity index (χ4v) is 2.26. The Hall–Kier alpha value is -1.45. The predicted octanol–water partition coefficient (Wildman–Crippen LogP) is 3.12. The Morgan fingerprint density at radius 3 is 2.15 bits per heavy atom. The molecule has 6 heteroatoms. The Kier molecular flexibility index (Phi) is 14.1. The van der Waals surface area contributed by atoms with Crippen LogP contribution in [0.25, 0.3) is 0 Å². The van der Waals surface area contributed by atoms with Crippen LogP contribution in [0.5, 0.6) is 0 Å². The largest absolute Gasteiger partial charge is 0.358 e. The van der Waals surface area contributed by atoms with Crippen LogP contribution in [-0.2, 0) is 42.3 Å². The van der Waals surface area contributed by atoms with E-state index in [4.69, 9.17) is 7.85 Å². The van der Waals surface area contributed by atoms with Crippen molar-refractivity contribution in [3.05, 3.63) is 67.7 Å². The van der Waals surface area contributed by atoms with Crippen molar-refractivity contribution < 1.29 is 46.9 Å². The normalized spacial score (nSPS) is 15.7. The van der Waals surface area contributed by atoms with Gasteiger partial charge in [-0.1, -0.05) is 64.1 Å². The number of hydrogen-bond donors (Lipinski definition) is 0. The quantitative estimate of drug-likeness (QED) is 0.324. The van der Waals surface area contributed by atoms with Crippen LogP contribution in [0.4, 0.5) is 0 Å². The smallest absolute Gasteiger partial charge is 0.284 e. The van der Waals surface area contributed by atoms with Gasteiger partial charge in [-0.2, -0.15) is 4.58 Å². The number of rotatable bonds is 3. The minimum atomic E-state index is -0.979. The molecule has 0 N–H and O–H groups in total. The molecule has 0 saturated heterocycles. The summed E-state index contributed by atoms with van der Waals surface area (Å²) in [6.45, 7) is 8.00. The molecule has 0 saturated carbocycles. The third-order valence-electron chi connectivity index (χ3n) is 3.16. The number of Topliss-reactive ketones (excluding diaryl/α,β-unsaturated/α-hetero) is 1. The molecule has 1 aromatic rings. The van der Waals surface area contributed by atoms with E-state index in [2.05, 4.69) is 4.99 Å². The van der Waals surface area contributed by atoms with E-state index in [1.807, 2.05) is 70.2 Å². The maximum absolute atomic E-state index is 12.1. The topological polar surface area (TPSA) is 49.5 Å². The summed E-state index contributed by atoms with van der Waals surface area (Å²) in [6, 6.07) is 9.28. The van der Waals surface area contributed by atoms with Crippen molar-refractivity contribution in [1.82, 2.24) is 0 Å². The fraction of sp³-hybridized carbons (Fsp3) is 0.250. The second kappa shape index (κ2) is 13.7. The van der Waals surface area contributed by atoms with E-state index in [9.17, 15) is 9.59 Å². The Morgan fingerprint density at radius 2 is 1.62 bits per heavy atom. The van der Waals surface area contributed by atoms with E-state index in [1.165, 1.54) is 0 Å². The summed E-state index contributed by atoms with van der Waals surface area (Å²) in [5.41, 5.74) is 0.533. The van der Waals surface area contributed by atoms with Gasteiger partial charge in [0.2, 0.25) is 0 Å². The molecular weight excluding hydrogens is 400 g/mol. The number of carbonyl (C=O) groups excluding carboxylic acids is 2. The molecular formula is C20H25BN2O2Y. The van der Waals surface area contributed by atoms with Crippen molar-refractivity contribution in [1.29, 1.82) is 0 Å². The zero-order valence-electron chi connectivity index (χ0n) is 16.1. The zero-order valence-corrected chi connectivity index (χ0v) is 19.0. The molecule has 1 unspecified atom stereocenters. The van der Waals surface area contributed by atoms with E-state index >= 15 is 0 Å². The number of fused-ring (bicyclic) bond motifs is 1. The van der Waals surface area contributed by atoms with Gasteiger partial charge in [0.05, 0.1) is 0 Å². The molecule has 2 heterocycles. The molecule has 0 bridgehead atoms. The molecule has 0 aromatic heterocycles. The number of nitrogens with zero attached hydrogens (tertiary/aromatic N) is 2. The second-order valence-electron chi connectivity index (χ2n) is 4.43. The van der Waals surface area contributed by atoms with Crippen molar-refractivity contribution in [2.45, 2.75) is 33.9 Å². The van der Waals surface area contributed by atoms with Gasteiger partial charge < -0.3 is 12.2 Å². The fourth-order valence-electron chi connectivity index (χ4n) is 2.26. The van der Waals surface area contributed by atoms with Crippen molar-refractivity contribution in [2.24, 2.45) is 4.99 Å². The van der Waals surface area contributed by atoms with E-state index < -0.39 is 11.5 Å². The standard InChI is InChI=1S/C15H10BN2O2.2C2H6.CH3.Y/c16-15(20)14(19)13-12(10-6-2-1-3-7-10)17-11-8-4-5-9-18(11)13;2*1-2;;/h1-9,11H;2*1-2H3;1H3;/q+1;;;-1;. The molecule has 3 rings (SSSR count). The summed E-state index contributed by atoms with van der Waals surface area (Å²) in [5.74, 6) is -0.727. The monoisotopic (exact) mass is 425 g/mol. The maximum Gasteiger partial charge on any atom is 0.284 e. The molecule has 0 aliphatic carbocycles. The molecule has 3 radical (unpaired) electrons.